The van der Waals surface area contributed by atoms with Gasteiger partial charge in [0.15, 0.2) is 0 Å². The van der Waals surface area contributed by atoms with Gasteiger partial charge in [-0.3, -0.25) is 4.79 Å². The molecule has 0 radical (unpaired) electrons. The van der Waals surface area contributed by atoms with Gasteiger partial charge in [0.25, 0.3) is 0 Å². The van der Waals surface area contributed by atoms with E-state index in [9.17, 15) is 9.59 Å². The number of carboxylic acid groups (broad SMARTS) is 1. The van der Waals surface area contributed by atoms with E-state index in [0.29, 0.717) is 24.3 Å². The van der Waals surface area contributed by atoms with Crippen LogP contribution in [0, 0.1) is 0 Å². The van der Waals surface area contributed by atoms with Crippen molar-refractivity contribution in [3.63, 3.8) is 0 Å². The lowest BCUT2D eigenvalue weighted by Gasteiger charge is -2.14. The van der Waals surface area contributed by atoms with Gasteiger partial charge in [0.2, 0.25) is 5.91 Å². The van der Waals surface area contributed by atoms with Gasteiger partial charge in [0.1, 0.15) is 6.04 Å². The van der Waals surface area contributed by atoms with E-state index >= 15 is 0 Å². The van der Waals surface area contributed by atoms with Gasteiger partial charge in [-0.25, -0.2) is 4.79 Å². The van der Waals surface area contributed by atoms with Crippen molar-refractivity contribution in [3.05, 3.63) is 47.5 Å². The highest BCUT2D eigenvalue weighted by molar-refractivity contribution is 6.30. The topological polar surface area (TPSA) is 66.4 Å². The Bertz CT molecular complexity index is 488. The van der Waals surface area contributed by atoms with Gasteiger partial charge >= 0.3 is 5.97 Å². The van der Waals surface area contributed by atoms with E-state index in [2.05, 4.69) is 11.9 Å². The Morgan fingerprint density at radius 3 is 2.80 bits per heavy atom. The summed E-state index contributed by atoms with van der Waals surface area (Å²) in [6, 6.07) is 6.36. The van der Waals surface area contributed by atoms with Gasteiger partial charge in [-0.1, -0.05) is 29.8 Å². The SMILES string of the molecule is C=CCCC(=O)NC(CCc1cccc(Cl)c1)C(=O)O. The Balaban J connectivity index is 2.53. The van der Waals surface area contributed by atoms with Crippen LogP contribution in [0.15, 0.2) is 36.9 Å². The molecule has 1 amide bonds. The Morgan fingerprint density at radius 1 is 1.45 bits per heavy atom. The summed E-state index contributed by atoms with van der Waals surface area (Å²) >= 11 is 5.87. The van der Waals surface area contributed by atoms with Crippen molar-refractivity contribution in [2.45, 2.75) is 31.7 Å². The number of hydrogen-bond acceptors (Lipinski definition) is 2. The second-order valence-electron chi connectivity index (χ2n) is 4.45. The number of carbonyl (C=O) groups is 2. The van der Waals surface area contributed by atoms with Gasteiger partial charge in [-0.2, -0.15) is 0 Å². The van der Waals surface area contributed by atoms with Crippen molar-refractivity contribution in [3.8, 4) is 0 Å². The first kappa shape index (κ1) is 16.2. The summed E-state index contributed by atoms with van der Waals surface area (Å²) in [6.07, 6.45) is 3.28. The average molecular weight is 296 g/mol. The molecule has 5 heteroatoms. The summed E-state index contributed by atoms with van der Waals surface area (Å²) in [5, 5.41) is 12.3. The third-order valence-electron chi connectivity index (χ3n) is 2.82. The lowest BCUT2D eigenvalue weighted by molar-refractivity contribution is -0.142. The molecule has 1 aromatic rings. The van der Waals surface area contributed by atoms with E-state index < -0.39 is 12.0 Å². The molecule has 0 aliphatic rings. The number of amides is 1. The number of nitrogens with one attached hydrogen (secondary N) is 1. The minimum Gasteiger partial charge on any atom is -0.480 e. The average Bonchev–Trinajstić information content (AvgIpc) is 2.41. The molecule has 20 heavy (non-hydrogen) atoms. The molecule has 0 spiro atoms. The van der Waals surface area contributed by atoms with Gasteiger partial charge < -0.3 is 10.4 Å². The summed E-state index contributed by atoms with van der Waals surface area (Å²) in [5.74, 6) is -1.30. The largest absolute Gasteiger partial charge is 0.480 e. The molecule has 1 atom stereocenters. The summed E-state index contributed by atoms with van der Waals surface area (Å²) in [7, 11) is 0. The number of allylic oxidation sites excluding steroid dienone is 1. The standard InChI is InChI=1S/C15H18ClNO3/c1-2-3-7-14(18)17-13(15(19)20)9-8-11-5-4-6-12(16)10-11/h2,4-6,10,13H,1,3,7-9H2,(H,17,18)(H,19,20). The lowest BCUT2D eigenvalue weighted by atomic mass is 10.1. The highest BCUT2D eigenvalue weighted by Crippen LogP contribution is 2.13. The van der Waals surface area contributed by atoms with Crippen LogP contribution in [0.3, 0.4) is 0 Å². The zero-order chi connectivity index (χ0) is 15.0. The number of halogens is 1. The van der Waals surface area contributed by atoms with Crippen LogP contribution in [-0.2, 0) is 16.0 Å². The van der Waals surface area contributed by atoms with Crippen LogP contribution in [0.5, 0.6) is 0 Å². The molecule has 4 nitrogen and oxygen atoms in total. The van der Waals surface area contributed by atoms with E-state index in [4.69, 9.17) is 16.7 Å². The molecule has 0 heterocycles. The van der Waals surface area contributed by atoms with E-state index in [0.717, 1.165) is 5.56 Å². The predicted octanol–water partition coefficient (Wildman–Crippen LogP) is 2.81. The predicted molar refractivity (Wildman–Crippen MR) is 78.8 cm³/mol. The summed E-state index contributed by atoms with van der Waals surface area (Å²) in [4.78, 5) is 22.7. The van der Waals surface area contributed by atoms with Gasteiger partial charge in [-0.15, -0.1) is 6.58 Å². The molecule has 1 rings (SSSR count). The summed E-state index contributed by atoms with van der Waals surface area (Å²) in [6.45, 7) is 3.52. The molecule has 0 saturated carbocycles. The second-order valence-corrected chi connectivity index (χ2v) is 4.89. The highest BCUT2D eigenvalue weighted by atomic mass is 35.5. The number of carbonyl (C=O) groups excluding carboxylic acids is 1. The monoisotopic (exact) mass is 295 g/mol. The molecular formula is C15H18ClNO3. The molecular weight excluding hydrogens is 278 g/mol. The Labute approximate surface area is 123 Å². The number of benzene rings is 1. The minimum atomic E-state index is -1.03. The van der Waals surface area contributed by atoms with Crippen LogP contribution in [0.1, 0.15) is 24.8 Å². The summed E-state index contributed by atoms with van der Waals surface area (Å²) < 4.78 is 0. The van der Waals surface area contributed by atoms with Crippen LogP contribution in [0.25, 0.3) is 0 Å². The van der Waals surface area contributed by atoms with Gasteiger partial charge in [-0.05, 0) is 37.0 Å². The van der Waals surface area contributed by atoms with Crippen molar-refractivity contribution in [2.75, 3.05) is 0 Å². The molecule has 0 aliphatic heterocycles. The van der Waals surface area contributed by atoms with Crippen molar-refractivity contribution in [1.82, 2.24) is 5.32 Å². The second kappa shape index (κ2) is 8.38. The first-order valence-electron chi connectivity index (χ1n) is 6.40. The molecule has 1 aromatic carbocycles. The third kappa shape index (κ3) is 5.89. The highest BCUT2D eigenvalue weighted by Gasteiger charge is 2.19. The molecule has 0 saturated heterocycles. The molecule has 0 bridgehead atoms. The molecule has 2 N–H and O–H groups in total. The zero-order valence-corrected chi connectivity index (χ0v) is 11.9. The number of aryl methyl sites for hydroxylation is 1. The Hall–Kier alpha value is -1.81. The molecule has 0 aliphatic carbocycles. The van der Waals surface area contributed by atoms with Crippen LogP contribution >= 0.6 is 11.6 Å². The lowest BCUT2D eigenvalue weighted by Crippen LogP contribution is -2.40. The van der Waals surface area contributed by atoms with Crippen LogP contribution < -0.4 is 5.32 Å². The third-order valence-corrected chi connectivity index (χ3v) is 3.05. The normalized spacial score (nSPS) is 11.7. The smallest absolute Gasteiger partial charge is 0.326 e. The fourth-order valence-corrected chi connectivity index (χ4v) is 1.97. The van der Waals surface area contributed by atoms with Crippen molar-refractivity contribution in [2.24, 2.45) is 0 Å². The fraction of sp³-hybridized carbons (Fsp3) is 0.333. The van der Waals surface area contributed by atoms with Crippen molar-refractivity contribution < 1.29 is 14.7 Å². The maximum Gasteiger partial charge on any atom is 0.326 e. The maximum absolute atomic E-state index is 11.5. The number of rotatable bonds is 8. The minimum absolute atomic E-state index is 0.254. The van der Waals surface area contributed by atoms with E-state index in [1.54, 1.807) is 18.2 Å². The first-order valence-corrected chi connectivity index (χ1v) is 6.78. The van der Waals surface area contributed by atoms with E-state index in [1.165, 1.54) is 0 Å². The Kier molecular flexibility index (Phi) is 6.81. The number of hydrogen-bond donors (Lipinski definition) is 2. The quantitative estimate of drug-likeness (QED) is 0.725. The van der Waals surface area contributed by atoms with Crippen LogP contribution in [0.2, 0.25) is 5.02 Å². The van der Waals surface area contributed by atoms with E-state index in [-0.39, 0.29) is 12.3 Å². The first-order chi connectivity index (χ1) is 9.52. The van der Waals surface area contributed by atoms with Gasteiger partial charge in [0.05, 0.1) is 0 Å². The fourth-order valence-electron chi connectivity index (χ4n) is 1.76. The summed E-state index contributed by atoms with van der Waals surface area (Å²) in [5.41, 5.74) is 0.948. The van der Waals surface area contributed by atoms with Gasteiger partial charge in [0, 0.05) is 11.4 Å². The molecule has 0 aromatic heterocycles. The number of aliphatic carboxylic acids is 1. The molecule has 0 fully saturated rings. The molecule has 1 unspecified atom stereocenters. The maximum atomic E-state index is 11.5. The van der Waals surface area contributed by atoms with Crippen LogP contribution in [0.4, 0.5) is 0 Å². The zero-order valence-electron chi connectivity index (χ0n) is 11.1. The van der Waals surface area contributed by atoms with Crippen LogP contribution in [-0.4, -0.2) is 23.0 Å². The number of carboxylic acids is 1. The van der Waals surface area contributed by atoms with E-state index in [1.807, 2.05) is 12.1 Å². The van der Waals surface area contributed by atoms with Crippen molar-refractivity contribution >= 4 is 23.5 Å². The molecule has 108 valence electrons. The van der Waals surface area contributed by atoms with Crippen molar-refractivity contribution in [1.29, 1.82) is 0 Å². The Morgan fingerprint density at radius 2 is 2.20 bits per heavy atom.